The van der Waals surface area contributed by atoms with Crippen LogP contribution in [0.2, 0.25) is 0 Å². The zero-order valence-corrected chi connectivity index (χ0v) is 8.61. The average Bonchev–Trinajstić information content (AvgIpc) is 2.50. The normalized spacial score (nSPS) is 11.1. The van der Waals surface area contributed by atoms with Gasteiger partial charge in [0.2, 0.25) is 0 Å². The number of rotatable bonds is 1. The molecular weight excluding hydrogens is 178 g/mol. The fourth-order valence-corrected chi connectivity index (χ4v) is 1.67. The number of aryl methyl sites for hydroxylation is 3. The standard InChI is InChI=1S/C10H13N3O/c1-4-13-9-8(7(2)11-13)5-6-12(3)10(9)14/h5-6H,4H2,1-3H3. The summed E-state index contributed by atoms with van der Waals surface area (Å²) in [4.78, 5) is 11.8. The van der Waals surface area contributed by atoms with Crippen molar-refractivity contribution in [3.8, 4) is 0 Å². The molecular formula is C10H13N3O. The van der Waals surface area contributed by atoms with Gasteiger partial charge >= 0.3 is 0 Å². The molecule has 0 saturated carbocycles. The summed E-state index contributed by atoms with van der Waals surface area (Å²) >= 11 is 0. The maximum Gasteiger partial charge on any atom is 0.276 e. The molecule has 0 aliphatic rings. The first-order valence-corrected chi connectivity index (χ1v) is 4.68. The third-order valence-corrected chi connectivity index (χ3v) is 2.46. The minimum absolute atomic E-state index is 0.0185. The van der Waals surface area contributed by atoms with Crippen LogP contribution < -0.4 is 5.56 Å². The summed E-state index contributed by atoms with van der Waals surface area (Å²) in [7, 11) is 1.75. The Morgan fingerprint density at radius 1 is 1.50 bits per heavy atom. The van der Waals surface area contributed by atoms with E-state index in [1.165, 1.54) is 0 Å². The summed E-state index contributed by atoms with van der Waals surface area (Å²) in [6.07, 6.45) is 1.78. The van der Waals surface area contributed by atoms with Crippen LogP contribution in [-0.4, -0.2) is 14.3 Å². The lowest BCUT2D eigenvalue weighted by molar-refractivity contribution is 0.670. The molecule has 2 heterocycles. The van der Waals surface area contributed by atoms with E-state index in [-0.39, 0.29) is 5.56 Å². The van der Waals surface area contributed by atoms with Gasteiger partial charge in [0, 0.05) is 25.2 Å². The van der Waals surface area contributed by atoms with Gasteiger partial charge in [-0.25, -0.2) is 0 Å². The highest BCUT2D eigenvalue weighted by Crippen LogP contribution is 2.13. The van der Waals surface area contributed by atoms with Crippen LogP contribution in [0.25, 0.3) is 10.9 Å². The maximum absolute atomic E-state index is 11.8. The van der Waals surface area contributed by atoms with E-state index >= 15 is 0 Å². The summed E-state index contributed by atoms with van der Waals surface area (Å²) in [5.41, 5.74) is 1.64. The molecule has 2 aromatic rings. The first-order chi connectivity index (χ1) is 6.65. The first kappa shape index (κ1) is 8.99. The Morgan fingerprint density at radius 2 is 2.21 bits per heavy atom. The Kier molecular flexibility index (Phi) is 1.91. The zero-order chi connectivity index (χ0) is 10.3. The lowest BCUT2D eigenvalue weighted by Crippen LogP contribution is -2.18. The number of hydrogen-bond acceptors (Lipinski definition) is 2. The molecule has 0 bridgehead atoms. The second kappa shape index (κ2) is 2.97. The lowest BCUT2D eigenvalue weighted by Gasteiger charge is -1.99. The van der Waals surface area contributed by atoms with E-state index in [1.807, 2.05) is 19.9 Å². The molecule has 0 radical (unpaired) electrons. The molecule has 0 amide bonds. The van der Waals surface area contributed by atoms with Gasteiger partial charge in [-0.1, -0.05) is 0 Å². The third kappa shape index (κ3) is 1.07. The lowest BCUT2D eigenvalue weighted by atomic mass is 10.2. The zero-order valence-electron chi connectivity index (χ0n) is 8.61. The van der Waals surface area contributed by atoms with Crippen LogP contribution >= 0.6 is 0 Å². The summed E-state index contributed by atoms with van der Waals surface area (Å²) in [5, 5.41) is 5.27. The second-order valence-corrected chi connectivity index (χ2v) is 3.40. The van der Waals surface area contributed by atoms with E-state index in [1.54, 1.807) is 22.5 Å². The number of fused-ring (bicyclic) bond motifs is 1. The molecule has 0 aromatic carbocycles. The monoisotopic (exact) mass is 191 g/mol. The van der Waals surface area contributed by atoms with Crippen molar-refractivity contribution in [2.45, 2.75) is 20.4 Å². The molecule has 0 aliphatic heterocycles. The first-order valence-electron chi connectivity index (χ1n) is 4.68. The summed E-state index contributed by atoms with van der Waals surface area (Å²) < 4.78 is 3.34. The maximum atomic E-state index is 11.8. The van der Waals surface area contributed by atoms with Crippen molar-refractivity contribution in [3.63, 3.8) is 0 Å². The molecule has 0 saturated heterocycles. The Morgan fingerprint density at radius 3 is 2.86 bits per heavy atom. The third-order valence-electron chi connectivity index (χ3n) is 2.46. The van der Waals surface area contributed by atoms with Gasteiger partial charge in [-0.3, -0.25) is 9.48 Å². The molecule has 0 unspecified atom stereocenters. The van der Waals surface area contributed by atoms with Crippen LogP contribution in [0.1, 0.15) is 12.6 Å². The number of aromatic nitrogens is 3. The van der Waals surface area contributed by atoms with Crippen molar-refractivity contribution >= 4 is 10.9 Å². The van der Waals surface area contributed by atoms with Gasteiger partial charge in [0.25, 0.3) is 5.56 Å². The second-order valence-electron chi connectivity index (χ2n) is 3.40. The molecule has 74 valence electrons. The van der Waals surface area contributed by atoms with Crippen LogP contribution in [0.5, 0.6) is 0 Å². The largest absolute Gasteiger partial charge is 0.317 e. The summed E-state index contributed by atoms with van der Waals surface area (Å²) in [6.45, 7) is 4.63. The predicted molar refractivity (Wildman–Crippen MR) is 55.4 cm³/mol. The Balaban J connectivity index is 2.99. The molecule has 14 heavy (non-hydrogen) atoms. The Hall–Kier alpha value is -1.58. The summed E-state index contributed by atoms with van der Waals surface area (Å²) in [6, 6.07) is 1.94. The molecule has 2 aromatic heterocycles. The van der Waals surface area contributed by atoms with Crippen molar-refractivity contribution in [2.24, 2.45) is 7.05 Å². The molecule has 0 aliphatic carbocycles. The van der Waals surface area contributed by atoms with E-state index in [9.17, 15) is 4.79 Å². The SMILES string of the molecule is CCn1nc(C)c2ccn(C)c(=O)c21. The van der Waals surface area contributed by atoms with Crippen molar-refractivity contribution in [2.75, 3.05) is 0 Å². The van der Waals surface area contributed by atoms with Gasteiger partial charge in [0.1, 0.15) is 5.52 Å². The van der Waals surface area contributed by atoms with E-state index in [4.69, 9.17) is 0 Å². The molecule has 0 fully saturated rings. The smallest absolute Gasteiger partial charge is 0.276 e. The van der Waals surface area contributed by atoms with Crippen molar-refractivity contribution < 1.29 is 0 Å². The topological polar surface area (TPSA) is 39.8 Å². The minimum atomic E-state index is 0.0185. The van der Waals surface area contributed by atoms with Gasteiger partial charge in [0.15, 0.2) is 0 Å². The van der Waals surface area contributed by atoms with Gasteiger partial charge in [-0.15, -0.1) is 0 Å². The van der Waals surface area contributed by atoms with Crippen LogP contribution in [0, 0.1) is 6.92 Å². The van der Waals surface area contributed by atoms with Crippen LogP contribution in [0.4, 0.5) is 0 Å². The van der Waals surface area contributed by atoms with E-state index in [0.717, 1.165) is 17.6 Å². The number of hydrogen-bond donors (Lipinski definition) is 0. The Labute approximate surface area is 81.8 Å². The minimum Gasteiger partial charge on any atom is -0.317 e. The highest BCUT2D eigenvalue weighted by Gasteiger charge is 2.09. The molecule has 2 rings (SSSR count). The van der Waals surface area contributed by atoms with Gasteiger partial charge in [0.05, 0.1) is 5.69 Å². The predicted octanol–water partition coefficient (Wildman–Crippen LogP) is 1.06. The quantitative estimate of drug-likeness (QED) is 0.676. The van der Waals surface area contributed by atoms with Gasteiger partial charge in [-0.05, 0) is 19.9 Å². The number of pyridine rings is 1. The van der Waals surface area contributed by atoms with Crippen molar-refractivity contribution in [3.05, 3.63) is 28.3 Å². The fraction of sp³-hybridized carbons (Fsp3) is 0.400. The number of nitrogens with zero attached hydrogens (tertiary/aromatic N) is 3. The highest BCUT2D eigenvalue weighted by molar-refractivity contribution is 5.80. The summed E-state index contributed by atoms with van der Waals surface area (Å²) in [5.74, 6) is 0. The van der Waals surface area contributed by atoms with E-state index in [2.05, 4.69) is 5.10 Å². The highest BCUT2D eigenvalue weighted by atomic mass is 16.1. The van der Waals surface area contributed by atoms with Crippen molar-refractivity contribution in [1.29, 1.82) is 0 Å². The molecule has 0 atom stereocenters. The average molecular weight is 191 g/mol. The van der Waals surface area contributed by atoms with Crippen LogP contribution in [0.15, 0.2) is 17.1 Å². The van der Waals surface area contributed by atoms with E-state index < -0.39 is 0 Å². The van der Waals surface area contributed by atoms with Crippen LogP contribution in [0.3, 0.4) is 0 Å². The molecule has 4 heteroatoms. The van der Waals surface area contributed by atoms with Gasteiger partial charge < -0.3 is 4.57 Å². The molecule has 0 spiro atoms. The fourth-order valence-electron chi connectivity index (χ4n) is 1.67. The van der Waals surface area contributed by atoms with Crippen LogP contribution in [-0.2, 0) is 13.6 Å². The van der Waals surface area contributed by atoms with Gasteiger partial charge in [-0.2, -0.15) is 5.10 Å². The van der Waals surface area contributed by atoms with Crippen molar-refractivity contribution in [1.82, 2.24) is 14.3 Å². The van der Waals surface area contributed by atoms with E-state index in [0.29, 0.717) is 5.52 Å². The molecule has 4 nitrogen and oxygen atoms in total. The molecule has 0 N–H and O–H groups in total. The Bertz CT molecular complexity index is 536.